The number of halogens is 1. The van der Waals surface area contributed by atoms with E-state index in [1.54, 1.807) is 0 Å². The van der Waals surface area contributed by atoms with Gasteiger partial charge in [0.2, 0.25) is 0 Å². The van der Waals surface area contributed by atoms with Crippen LogP contribution in [0.5, 0.6) is 0 Å². The van der Waals surface area contributed by atoms with Gasteiger partial charge < -0.3 is 5.73 Å². The van der Waals surface area contributed by atoms with Crippen LogP contribution in [0.25, 0.3) is 11.4 Å². The topological polar surface area (TPSA) is 51.8 Å². The Bertz CT molecular complexity index is 583. The van der Waals surface area contributed by atoms with Gasteiger partial charge in [0.05, 0.1) is 9.26 Å². The number of hydrogen-bond acceptors (Lipinski definition) is 3. The third kappa shape index (κ3) is 2.21. The Balaban J connectivity index is 2.06. The van der Waals surface area contributed by atoms with Crippen LogP contribution < -0.4 is 5.73 Å². The fraction of sp³-hybridized carbons (Fsp3) is 0.286. The van der Waals surface area contributed by atoms with Crippen LogP contribution in [0.1, 0.15) is 30.0 Å². The van der Waals surface area contributed by atoms with Gasteiger partial charge in [-0.25, -0.2) is 9.97 Å². The van der Waals surface area contributed by atoms with E-state index in [1.807, 2.05) is 13.0 Å². The summed E-state index contributed by atoms with van der Waals surface area (Å²) in [6, 6.07) is 8.51. The summed E-state index contributed by atoms with van der Waals surface area (Å²) >= 11 is 2.18. The number of nitrogens with two attached hydrogens (primary N) is 1. The van der Waals surface area contributed by atoms with Crippen molar-refractivity contribution >= 4 is 28.4 Å². The molecular weight excluding hydrogens is 337 g/mol. The molecule has 3 nitrogen and oxygen atoms in total. The molecule has 0 aliphatic heterocycles. The summed E-state index contributed by atoms with van der Waals surface area (Å²) in [4.78, 5) is 8.91. The Morgan fingerprint density at radius 3 is 2.72 bits per heavy atom. The van der Waals surface area contributed by atoms with Gasteiger partial charge in [-0.1, -0.05) is 18.2 Å². The summed E-state index contributed by atoms with van der Waals surface area (Å²) < 4.78 is 0.940. The van der Waals surface area contributed by atoms with Crippen molar-refractivity contribution in [3.05, 3.63) is 39.1 Å². The van der Waals surface area contributed by atoms with Gasteiger partial charge in [-0.15, -0.1) is 0 Å². The number of rotatable bonds is 2. The average Bonchev–Trinajstić information content (AvgIpc) is 3.20. The highest BCUT2D eigenvalue weighted by molar-refractivity contribution is 14.1. The van der Waals surface area contributed by atoms with E-state index in [0.29, 0.717) is 5.82 Å². The van der Waals surface area contributed by atoms with Gasteiger partial charge in [-0.3, -0.25) is 0 Å². The highest BCUT2D eigenvalue weighted by Gasteiger charge is 2.23. The van der Waals surface area contributed by atoms with Gasteiger partial charge in [0.25, 0.3) is 0 Å². The number of aromatic nitrogens is 2. The number of benzene rings is 1. The molecule has 2 aromatic rings. The van der Waals surface area contributed by atoms with Gasteiger partial charge in [-0.05, 0) is 59.9 Å². The van der Waals surface area contributed by atoms with E-state index in [-0.39, 0.29) is 0 Å². The fourth-order valence-electron chi connectivity index (χ4n) is 2.06. The molecule has 0 atom stereocenters. The highest BCUT2D eigenvalue weighted by atomic mass is 127. The second kappa shape index (κ2) is 4.50. The molecule has 1 aromatic carbocycles. The lowest BCUT2D eigenvalue weighted by molar-refractivity contribution is 1.09. The monoisotopic (exact) mass is 351 g/mol. The molecule has 0 unspecified atom stereocenters. The van der Waals surface area contributed by atoms with Crippen molar-refractivity contribution in [1.29, 1.82) is 0 Å². The minimum atomic E-state index is 0.565. The molecule has 1 saturated carbocycles. The molecular formula is C14H14IN3. The van der Waals surface area contributed by atoms with Gasteiger partial charge >= 0.3 is 0 Å². The van der Waals surface area contributed by atoms with Crippen molar-refractivity contribution in [2.24, 2.45) is 0 Å². The van der Waals surface area contributed by atoms with Crippen LogP contribution in [0.3, 0.4) is 0 Å². The van der Waals surface area contributed by atoms with E-state index < -0.39 is 0 Å². The molecule has 4 heteroatoms. The van der Waals surface area contributed by atoms with Gasteiger partial charge in [0.15, 0.2) is 5.82 Å². The van der Waals surface area contributed by atoms with E-state index in [2.05, 4.69) is 50.8 Å². The molecule has 1 heterocycles. The van der Waals surface area contributed by atoms with Crippen molar-refractivity contribution in [1.82, 2.24) is 9.97 Å². The predicted molar refractivity (Wildman–Crippen MR) is 81.3 cm³/mol. The summed E-state index contributed by atoms with van der Waals surface area (Å²) in [6.45, 7) is 1.97. The van der Waals surface area contributed by atoms with Crippen LogP contribution in [-0.2, 0) is 0 Å². The molecule has 3 rings (SSSR count). The molecule has 0 spiro atoms. The first-order chi connectivity index (χ1) is 8.65. The lowest BCUT2D eigenvalue weighted by Crippen LogP contribution is -2.02. The van der Waals surface area contributed by atoms with E-state index in [4.69, 9.17) is 5.73 Å². The summed E-state index contributed by atoms with van der Waals surface area (Å²) in [7, 11) is 0. The van der Waals surface area contributed by atoms with Crippen molar-refractivity contribution in [3.63, 3.8) is 0 Å². The molecule has 1 fully saturated rings. The minimum Gasteiger partial charge on any atom is -0.383 e. The Labute approximate surface area is 120 Å². The second-order valence-electron chi connectivity index (χ2n) is 4.73. The number of nitrogens with zero attached hydrogens (tertiary/aromatic N) is 2. The number of nitrogen functional groups attached to an aromatic ring is 1. The zero-order valence-electron chi connectivity index (χ0n) is 10.2. The van der Waals surface area contributed by atoms with Crippen LogP contribution in [0.2, 0.25) is 0 Å². The third-order valence-electron chi connectivity index (χ3n) is 3.24. The predicted octanol–water partition coefficient (Wildman–Crippen LogP) is 3.52. The second-order valence-corrected chi connectivity index (χ2v) is 5.81. The molecule has 1 aliphatic carbocycles. The SMILES string of the molecule is Cc1nc(-c2cccc(C3CC3)c2)nc(N)c1I. The maximum absolute atomic E-state index is 5.91. The Kier molecular flexibility index (Phi) is 2.97. The Hall–Kier alpha value is -1.17. The maximum Gasteiger partial charge on any atom is 0.161 e. The lowest BCUT2D eigenvalue weighted by atomic mass is 10.1. The molecule has 92 valence electrons. The van der Waals surface area contributed by atoms with Gasteiger partial charge in [0.1, 0.15) is 5.82 Å². The van der Waals surface area contributed by atoms with Crippen LogP contribution in [0.4, 0.5) is 5.82 Å². The summed E-state index contributed by atoms with van der Waals surface area (Å²) in [5, 5.41) is 0. The maximum atomic E-state index is 5.91. The van der Waals surface area contributed by atoms with E-state index in [0.717, 1.165) is 26.6 Å². The molecule has 1 aliphatic rings. The zero-order valence-corrected chi connectivity index (χ0v) is 12.3. The van der Waals surface area contributed by atoms with Gasteiger partial charge in [0, 0.05) is 5.56 Å². The molecule has 18 heavy (non-hydrogen) atoms. The van der Waals surface area contributed by atoms with Crippen LogP contribution >= 0.6 is 22.6 Å². The fourth-order valence-corrected chi connectivity index (χ4v) is 2.30. The van der Waals surface area contributed by atoms with Crippen molar-refractivity contribution < 1.29 is 0 Å². The largest absolute Gasteiger partial charge is 0.383 e. The standard InChI is InChI=1S/C14H14IN3/c1-8-12(15)13(16)18-14(17-8)11-4-2-3-10(7-11)9-5-6-9/h2-4,7,9H,5-6H2,1H3,(H2,16,17,18). The van der Waals surface area contributed by atoms with Crippen molar-refractivity contribution in [2.45, 2.75) is 25.7 Å². The molecule has 2 N–H and O–H groups in total. The first kappa shape index (κ1) is 11.9. The molecule has 0 amide bonds. The van der Waals surface area contributed by atoms with E-state index in [9.17, 15) is 0 Å². The summed E-state index contributed by atoms with van der Waals surface area (Å²) in [5.74, 6) is 2.04. The molecule has 0 saturated heterocycles. The minimum absolute atomic E-state index is 0.565. The number of aryl methyl sites for hydroxylation is 1. The molecule has 0 radical (unpaired) electrons. The van der Waals surface area contributed by atoms with E-state index in [1.165, 1.54) is 18.4 Å². The Morgan fingerprint density at radius 1 is 1.28 bits per heavy atom. The summed E-state index contributed by atoms with van der Waals surface area (Å²) in [6.07, 6.45) is 2.61. The average molecular weight is 351 g/mol. The third-order valence-corrected chi connectivity index (χ3v) is 4.57. The van der Waals surface area contributed by atoms with Crippen LogP contribution in [-0.4, -0.2) is 9.97 Å². The van der Waals surface area contributed by atoms with Crippen LogP contribution in [0, 0.1) is 10.5 Å². The lowest BCUT2D eigenvalue weighted by Gasteiger charge is -2.07. The van der Waals surface area contributed by atoms with Crippen molar-refractivity contribution in [3.8, 4) is 11.4 Å². The normalized spacial score (nSPS) is 14.8. The number of anilines is 1. The zero-order chi connectivity index (χ0) is 12.7. The first-order valence-electron chi connectivity index (χ1n) is 6.05. The van der Waals surface area contributed by atoms with Crippen molar-refractivity contribution in [2.75, 3.05) is 5.73 Å². The first-order valence-corrected chi connectivity index (χ1v) is 7.13. The smallest absolute Gasteiger partial charge is 0.161 e. The van der Waals surface area contributed by atoms with Crippen LogP contribution in [0.15, 0.2) is 24.3 Å². The van der Waals surface area contributed by atoms with Gasteiger partial charge in [-0.2, -0.15) is 0 Å². The molecule has 0 bridgehead atoms. The number of hydrogen-bond donors (Lipinski definition) is 1. The molecule has 1 aromatic heterocycles. The highest BCUT2D eigenvalue weighted by Crippen LogP contribution is 2.40. The Morgan fingerprint density at radius 2 is 2.06 bits per heavy atom. The van der Waals surface area contributed by atoms with E-state index >= 15 is 0 Å². The quantitative estimate of drug-likeness (QED) is 0.843. The summed E-state index contributed by atoms with van der Waals surface area (Å²) in [5.41, 5.74) is 9.31.